The van der Waals surface area contributed by atoms with Gasteiger partial charge in [0.15, 0.2) is 17.2 Å². The van der Waals surface area contributed by atoms with E-state index in [-0.39, 0.29) is 51.0 Å². The van der Waals surface area contributed by atoms with E-state index in [4.69, 9.17) is 31.5 Å². The van der Waals surface area contributed by atoms with Crippen LogP contribution in [-0.4, -0.2) is 41.3 Å². The summed E-state index contributed by atoms with van der Waals surface area (Å²) in [6, 6.07) is 10.5. The SMILES string of the molecule is COc1ccc(C(N)=O)c(-c2c(Cl)ccc3c2C(O)C(CNC(=O)OC(C)(C)C)(c2ccccn2)O3)c1F. The van der Waals surface area contributed by atoms with Crippen LogP contribution >= 0.6 is 11.6 Å². The van der Waals surface area contributed by atoms with E-state index in [1.807, 2.05) is 0 Å². The van der Waals surface area contributed by atoms with Crippen molar-refractivity contribution in [3.05, 3.63) is 76.3 Å². The first-order chi connectivity index (χ1) is 17.9. The zero-order valence-corrected chi connectivity index (χ0v) is 21.9. The zero-order valence-electron chi connectivity index (χ0n) is 21.2. The smallest absolute Gasteiger partial charge is 0.407 e. The highest BCUT2D eigenvalue weighted by molar-refractivity contribution is 6.34. The fourth-order valence-corrected chi connectivity index (χ4v) is 4.64. The number of aromatic nitrogens is 1. The average Bonchev–Trinajstić information content (AvgIpc) is 3.15. The Bertz CT molecular complexity index is 1400. The Morgan fingerprint density at radius 2 is 1.95 bits per heavy atom. The molecule has 4 rings (SSSR count). The van der Waals surface area contributed by atoms with E-state index in [2.05, 4.69) is 10.3 Å². The van der Waals surface area contributed by atoms with Gasteiger partial charge in [-0.15, -0.1) is 0 Å². The van der Waals surface area contributed by atoms with Crippen LogP contribution in [0.4, 0.5) is 9.18 Å². The lowest BCUT2D eigenvalue weighted by Crippen LogP contribution is -2.48. The molecule has 0 fully saturated rings. The number of rotatable bonds is 6. The zero-order chi connectivity index (χ0) is 27.8. The first-order valence-corrected chi connectivity index (χ1v) is 12.0. The Labute approximate surface area is 223 Å². The first-order valence-electron chi connectivity index (χ1n) is 11.6. The molecule has 9 nitrogen and oxygen atoms in total. The van der Waals surface area contributed by atoms with Crippen LogP contribution in [0.3, 0.4) is 0 Å². The molecule has 0 radical (unpaired) electrons. The van der Waals surface area contributed by atoms with Gasteiger partial charge in [-0.25, -0.2) is 9.18 Å². The fourth-order valence-electron chi connectivity index (χ4n) is 4.38. The van der Waals surface area contributed by atoms with E-state index in [1.165, 1.54) is 37.6 Å². The lowest BCUT2D eigenvalue weighted by molar-refractivity contribution is -0.0365. The number of hydrogen-bond donors (Lipinski definition) is 3. The monoisotopic (exact) mass is 543 g/mol. The van der Waals surface area contributed by atoms with Crippen molar-refractivity contribution < 1.29 is 33.3 Å². The van der Waals surface area contributed by atoms with Crippen LogP contribution in [0.15, 0.2) is 48.7 Å². The molecule has 11 heteroatoms. The Morgan fingerprint density at radius 3 is 2.55 bits per heavy atom. The van der Waals surface area contributed by atoms with Gasteiger partial charge in [-0.05, 0) is 57.2 Å². The predicted octanol–water partition coefficient (Wildman–Crippen LogP) is 4.49. The van der Waals surface area contributed by atoms with Crippen molar-refractivity contribution in [2.45, 2.75) is 38.1 Å². The molecular formula is C27H27ClFN3O6. The van der Waals surface area contributed by atoms with Crippen LogP contribution in [0.1, 0.15) is 48.5 Å². The second-order valence-electron chi connectivity index (χ2n) is 9.67. The third-order valence-corrected chi connectivity index (χ3v) is 6.31. The maximum Gasteiger partial charge on any atom is 0.407 e. The summed E-state index contributed by atoms with van der Waals surface area (Å²) in [4.78, 5) is 29.2. The van der Waals surface area contributed by atoms with Crippen molar-refractivity contribution in [3.63, 3.8) is 0 Å². The molecule has 38 heavy (non-hydrogen) atoms. The van der Waals surface area contributed by atoms with Crippen molar-refractivity contribution in [3.8, 4) is 22.6 Å². The second kappa shape index (κ2) is 10.1. The van der Waals surface area contributed by atoms with E-state index in [0.717, 1.165) is 0 Å². The van der Waals surface area contributed by atoms with Crippen molar-refractivity contribution in [2.75, 3.05) is 13.7 Å². The maximum absolute atomic E-state index is 15.7. The van der Waals surface area contributed by atoms with Crippen molar-refractivity contribution in [2.24, 2.45) is 5.73 Å². The van der Waals surface area contributed by atoms with Crippen LogP contribution in [0, 0.1) is 5.82 Å². The van der Waals surface area contributed by atoms with Crippen LogP contribution in [0.5, 0.6) is 11.5 Å². The van der Waals surface area contributed by atoms with Gasteiger partial charge >= 0.3 is 6.09 Å². The highest BCUT2D eigenvalue weighted by Crippen LogP contribution is 2.54. The standard InChI is InChI=1S/C27H27ClFN3O6/c1-26(2,3)38-25(35)32-13-27(18-7-5-6-12-31-18)23(33)21-16(37-27)11-9-15(28)20(21)19-14(24(30)34)8-10-17(36-4)22(19)29/h5-12,23,33H,13H2,1-4H3,(H2,30,34)(H,32,35). The van der Waals surface area contributed by atoms with E-state index >= 15 is 4.39 Å². The number of amides is 2. The minimum Gasteiger partial charge on any atom is -0.494 e. The number of carbonyl (C=O) groups is 2. The molecule has 2 aromatic carbocycles. The highest BCUT2D eigenvalue weighted by Gasteiger charge is 2.52. The highest BCUT2D eigenvalue weighted by atomic mass is 35.5. The van der Waals surface area contributed by atoms with Crippen molar-refractivity contribution in [1.29, 1.82) is 0 Å². The van der Waals surface area contributed by atoms with Gasteiger partial charge < -0.3 is 30.4 Å². The van der Waals surface area contributed by atoms with E-state index in [9.17, 15) is 14.7 Å². The molecule has 2 heterocycles. The Morgan fingerprint density at radius 1 is 1.21 bits per heavy atom. The Balaban J connectivity index is 1.90. The van der Waals surface area contributed by atoms with Gasteiger partial charge in [0.2, 0.25) is 5.91 Å². The third-order valence-electron chi connectivity index (χ3n) is 6.00. The molecule has 0 saturated carbocycles. The van der Waals surface area contributed by atoms with Crippen LogP contribution < -0.4 is 20.5 Å². The van der Waals surface area contributed by atoms with Gasteiger partial charge in [0.05, 0.1) is 24.9 Å². The molecule has 2 unspecified atom stereocenters. The molecule has 2 amide bonds. The summed E-state index contributed by atoms with van der Waals surface area (Å²) in [5.41, 5.74) is 3.08. The first kappa shape index (κ1) is 27.2. The number of aliphatic hydroxyl groups is 1. The number of methoxy groups -OCH3 is 1. The van der Waals surface area contributed by atoms with Gasteiger partial charge in [0.25, 0.3) is 0 Å². The largest absolute Gasteiger partial charge is 0.494 e. The average molecular weight is 544 g/mol. The predicted molar refractivity (Wildman–Crippen MR) is 138 cm³/mol. The number of ether oxygens (including phenoxy) is 3. The normalized spacial score (nSPS) is 18.3. The molecule has 0 saturated heterocycles. The summed E-state index contributed by atoms with van der Waals surface area (Å²) in [5, 5.41) is 14.5. The molecule has 1 aliphatic rings. The summed E-state index contributed by atoms with van der Waals surface area (Å²) in [6.45, 7) is 4.87. The summed E-state index contributed by atoms with van der Waals surface area (Å²) in [7, 11) is 1.27. The number of primary amides is 1. The molecule has 4 N–H and O–H groups in total. The summed E-state index contributed by atoms with van der Waals surface area (Å²) in [5.74, 6) is -1.82. The molecule has 1 aromatic heterocycles. The van der Waals surface area contributed by atoms with Crippen molar-refractivity contribution in [1.82, 2.24) is 10.3 Å². The topological polar surface area (TPSA) is 133 Å². The number of nitrogens with two attached hydrogens (primary N) is 1. The van der Waals surface area contributed by atoms with Gasteiger partial charge in [-0.1, -0.05) is 17.7 Å². The summed E-state index contributed by atoms with van der Waals surface area (Å²) >= 11 is 6.56. The fraction of sp³-hybridized carbons (Fsp3) is 0.296. The van der Waals surface area contributed by atoms with Gasteiger partial charge in [0.1, 0.15) is 17.5 Å². The maximum atomic E-state index is 15.7. The minimum atomic E-state index is -1.65. The van der Waals surface area contributed by atoms with Crippen LogP contribution in [0.2, 0.25) is 5.02 Å². The molecule has 3 aromatic rings. The molecule has 2 atom stereocenters. The quantitative estimate of drug-likeness (QED) is 0.417. The van der Waals surface area contributed by atoms with E-state index in [0.29, 0.717) is 0 Å². The number of alkyl carbamates (subject to hydrolysis) is 1. The Kier molecular flexibility index (Phi) is 7.22. The number of halogens is 2. The molecule has 0 bridgehead atoms. The van der Waals surface area contributed by atoms with E-state index in [1.54, 1.807) is 39.0 Å². The molecular weight excluding hydrogens is 517 g/mol. The third kappa shape index (κ3) is 4.84. The summed E-state index contributed by atoms with van der Waals surface area (Å²) < 4.78 is 32.4. The lowest BCUT2D eigenvalue weighted by atomic mass is 9.85. The number of nitrogens with one attached hydrogen (secondary N) is 1. The molecule has 0 aliphatic carbocycles. The molecule has 0 spiro atoms. The number of carbonyl (C=O) groups excluding carboxylic acids is 2. The number of benzene rings is 2. The number of pyridine rings is 1. The molecule has 1 aliphatic heterocycles. The number of aliphatic hydroxyl groups excluding tert-OH is 1. The van der Waals surface area contributed by atoms with Gasteiger partial charge in [-0.3, -0.25) is 9.78 Å². The Hall–Kier alpha value is -3.89. The number of hydrogen-bond acceptors (Lipinski definition) is 7. The summed E-state index contributed by atoms with van der Waals surface area (Å²) in [6.07, 6.45) is -0.764. The second-order valence-corrected chi connectivity index (χ2v) is 10.1. The van der Waals surface area contributed by atoms with Crippen molar-refractivity contribution >= 4 is 23.6 Å². The molecule has 200 valence electrons. The number of fused-ring (bicyclic) bond motifs is 1. The van der Waals surface area contributed by atoms with E-state index < -0.39 is 35.1 Å². The van der Waals surface area contributed by atoms with Crippen LogP contribution in [-0.2, 0) is 10.3 Å². The van der Waals surface area contributed by atoms with Crippen LogP contribution in [0.25, 0.3) is 11.1 Å². The number of nitrogens with zero attached hydrogens (tertiary/aromatic N) is 1. The lowest BCUT2D eigenvalue weighted by Gasteiger charge is -2.32. The van der Waals surface area contributed by atoms with Gasteiger partial charge in [0, 0.05) is 27.9 Å². The van der Waals surface area contributed by atoms with Gasteiger partial charge in [-0.2, -0.15) is 0 Å². The minimum absolute atomic E-state index is 0.00283.